The second-order valence-electron chi connectivity index (χ2n) is 4.93. The second kappa shape index (κ2) is 6.74. The van der Waals surface area contributed by atoms with Crippen LogP contribution in [0.2, 0.25) is 0 Å². The molecule has 0 aliphatic rings. The van der Waals surface area contributed by atoms with Gasteiger partial charge in [0.25, 0.3) is 11.8 Å². The first kappa shape index (κ1) is 14.8. The van der Waals surface area contributed by atoms with Crippen molar-refractivity contribution >= 4 is 11.7 Å². The number of nitrogens with zero attached hydrogens (tertiary/aromatic N) is 2. The Hall–Kier alpha value is -3.15. The summed E-state index contributed by atoms with van der Waals surface area (Å²) < 4.78 is 10.5. The zero-order valence-electron chi connectivity index (χ0n) is 12.5. The van der Waals surface area contributed by atoms with E-state index >= 15 is 0 Å². The molecule has 0 fully saturated rings. The lowest BCUT2D eigenvalue weighted by Gasteiger charge is -2.04. The number of hydrogen-bond donors (Lipinski definition) is 1. The molecule has 3 aromatic rings. The van der Waals surface area contributed by atoms with E-state index in [2.05, 4.69) is 15.5 Å². The Morgan fingerprint density at radius 2 is 2.04 bits per heavy atom. The van der Waals surface area contributed by atoms with Crippen LogP contribution in [0, 0.1) is 6.92 Å². The molecule has 0 atom stereocenters. The van der Waals surface area contributed by atoms with Crippen LogP contribution in [-0.4, -0.2) is 16.0 Å². The van der Waals surface area contributed by atoms with E-state index < -0.39 is 5.91 Å². The molecule has 1 aromatic carbocycles. The summed E-state index contributed by atoms with van der Waals surface area (Å²) in [6.07, 6.45) is 1.61. The summed E-state index contributed by atoms with van der Waals surface area (Å²) >= 11 is 0. The Morgan fingerprint density at radius 1 is 1.22 bits per heavy atom. The number of amides is 1. The van der Waals surface area contributed by atoms with Crippen molar-refractivity contribution < 1.29 is 14.1 Å². The van der Waals surface area contributed by atoms with Gasteiger partial charge in [0.05, 0.1) is 6.07 Å². The predicted molar refractivity (Wildman–Crippen MR) is 84.2 cm³/mol. The maximum atomic E-state index is 12.1. The van der Waals surface area contributed by atoms with Crippen molar-refractivity contribution in [3.05, 3.63) is 71.6 Å². The highest BCUT2D eigenvalue weighted by molar-refractivity contribution is 6.02. The Balaban J connectivity index is 1.62. The van der Waals surface area contributed by atoms with Gasteiger partial charge in [-0.15, -0.1) is 0 Å². The van der Waals surface area contributed by atoms with Gasteiger partial charge in [0.1, 0.15) is 12.4 Å². The number of hydrogen-bond acceptors (Lipinski definition) is 5. The number of aromatic nitrogens is 2. The average Bonchev–Trinajstić information content (AvgIpc) is 3.05. The highest BCUT2D eigenvalue weighted by Gasteiger charge is 2.15. The molecule has 0 aliphatic heterocycles. The average molecular weight is 309 g/mol. The molecule has 6 nitrogen and oxygen atoms in total. The van der Waals surface area contributed by atoms with E-state index in [-0.39, 0.29) is 11.6 Å². The number of ether oxygens (including phenoxy) is 1. The summed E-state index contributed by atoms with van der Waals surface area (Å²) in [6.45, 7) is 2.21. The molecule has 2 aromatic heterocycles. The van der Waals surface area contributed by atoms with Crippen molar-refractivity contribution in [2.45, 2.75) is 13.5 Å². The summed E-state index contributed by atoms with van der Waals surface area (Å²) in [7, 11) is 0. The first-order chi connectivity index (χ1) is 11.2. The molecule has 0 aliphatic carbocycles. The van der Waals surface area contributed by atoms with Gasteiger partial charge in [-0.1, -0.05) is 36.4 Å². The molecule has 6 heteroatoms. The molecule has 3 rings (SSSR count). The number of anilines is 1. The topological polar surface area (TPSA) is 77.2 Å². The van der Waals surface area contributed by atoms with E-state index in [0.29, 0.717) is 12.4 Å². The van der Waals surface area contributed by atoms with Crippen molar-refractivity contribution in [2.24, 2.45) is 0 Å². The van der Waals surface area contributed by atoms with E-state index in [0.717, 1.165) is 11.1 Å². The van der Waals surface area contributed by atoms with Crippen LogP contribution in [0.1, 0.15) is 21.7 Å². The smallest absolute Gasteiger partial charge is 0.295 e. The number of carbonyl (C=O) groups excluding carboxylic acids is 1. The summed E-state index contributed by atoms with van der Waals surface area (Å²) in [4.78, 5) is 16.2. The Kier molecular flexibility index (Phi) is 4.33. The molecule has 0 spiro atoms. The maximum Gasteiger partial charge on any atom is 0.295 e. The van der Waals surface area contributed by atoms with Crippen LogP contribution in [0.4, 0.5) is 5.82 Å². The Bertz CT molecular complexity index is 800. The van der Waals surface area contributed by atoms with E-state index in [1.54, 1.807) is 12.3 Å². The fourth-order valence-corrected chi connectivity index (χ4v) is 1.95. The highest BCUT2D eigenvalue weighted by Crippen LogP contribution is 2.16. The molecule has 23 heavy (non-hydrogen) atoms. The molecular formula is C17H15N3O3. The van der Waals surface area contributed by atoms with Gasteiger partial charge in [-0.25, -0.2) is 4.98 Å². The van der Waals surface area contributed by atoms with Gasteiger partial charge in [-0.05, 0) is 29.3 Å². The first-order valence-corrected chi connectivity index (χ1v) is 7.09. The van der Waals surface area contributed by atoms with Gasteiger partial charge in [-0.3, -0.25) is 4.79 Å². The number of benzene rings is 1. The van der Waals surface area contributed by atoms with E-state index in [9.17, 15) is 4.79 Å². The summed E-state index contributed by atoms with van der Waals surface area (Å²) in [5.74, 6) is 0.393. The van der Waals surface area contributed by atoms with Crippen molar-refractivity contribution in [1.82, 2.24) is 10.1 Å². The van der Waals surface area contributed by atoms with Crippen LogP contribution in [-0.2, 0) is 6.61 Å². The number of nitrogens with one attached hydrogen (secondary N) is 1. The largest absolute Gasteiger partial charge is 0.471 e. The van der Waals surface area contributed by atoms with Crippen molar-refractivity contribution in [3.63, 3.8) is 0 Å². The summed E-state index contributed by atoms with van der Waals surface area (Å²) in [6, 6.07) is 14.8. The number of aryl methyl sites for hydroxylation is 1. The van der Waals surface area contributed by atoms with Gasteiger partial charge in [0.2, 0.25) is 5.76 Å². The van der Waals surface area contributed by atoms with E-state index in [1.807, 2.05) is 43.3 Å². The lowest BCUT2D eigenvalue weighted by atomic mass is 10.2. The van der Waals surface area contributed by atoms with E-state index in [4.69, 9.17) is 9.26 Å². The van der Waals surface area contributed by atoms with Crippen LogP contribution in [0.15, 0.2) is 59.3 Å². The summed E-state index contributed by atoms with van der Waals surface area (Å²) in [5, 5.41) is 6.41. The minimum absolute atomic E-state index is 0.0677. The molecule has 0 radical (unpaired) electrons. The third-order valence-electron chi connectivity index (χ3n) is 3.18. The second-order valence-corrected chi connectivity index (χ2v) is 4.93. The first-order valence-electron chi connectivity index (χ1n) is 7.09. The molecular weight excluding hydrogens is 294 g/mol. The third kappa shape index (κ3) is 3.74. The Labute approximate surface area is 133 Å². The molecule has 0 unspecified atom stereocenters. The Morgan fingerprint density at radius 3 is 2.83 bits per heavy atom. The standard InChI is InChI=1S/C17H15N3O3/c1-12-6-5-9-18-16(12)19-17(21)14-10-15(20-23-14)22-11-13-7-3-2-4-8-13/h2-10H,11H2,1H3,(H,18,19,21). The highest BCUT2D eigenvalue weighted by atomic mass is 16.5. The molecule has 0 saturated heterocycles. The molecule has 116 valence electrons. The summed E-state index contributed by atoms with van der Waals surface area (Å²) in [5.41, 5.74) is 1.87. The maximum absolute atomic E-state index is 12.1. The third-order valence-corrected chi connectivity index (χ3v) is 3.18. The number of carbonyl (C=O) groups is 1. The lowest BCUT2D eigenvalue weighted by Crippen LogP contribution is -2.13. The van der Waals surface area contributed by atoms with Gasteiger partial charge in [-0.2, -0.15) is 0 Å². The van der Waals surface area contributed by atoms with Crippen molar-refractivity contribution in [3.8, 4) is 5.88 Å². The monoisotopic (exact) mass is 309 g/mol. The van der Waals surface area contributed by atoms with Crippen LogP contribution in [0.5, 0.6) is 5.88 Å². The van der Waals surface area contributed by atoms with Gasteiger partial charge >= 0.3 is 0 Å². The van der Waals surface area contributed by atoms with Crippen LogP contribution < -0.4 is 10.1 Å². The normalized spacial score (nSPS) is 10.3. The van der Waals surface area contributed by atoms with Crippen molar-refractivity contribution in [1.29, 1.82) is 0 Å². The van der Waals surface area contributed by atoms with Gasteiger partial charge in [0.15, 0.2) is 0 Å². The molecule has 2 heterocycles. The van der Waals surface area contributed by atoms with E-state index in [1.165, 1.54) is 6.07 Å². The fourth-order valence-electron chi connectivity index (χ4n) is 1.95. The zero-order valence-corrected chi connectivity index (χ0v) is 12.5. The molecule has 1 amide bonds. The minimum atomic E-state index is -0.422. The van der Waals surface area contributed by atoms with Crippen LogP contribution in [0.3, 0.4) is 0 Å². The molecule has 0 bridgehead atoms. The molecule has 1 N–H and O–H groups in total. The SMILES string of the molecule is Cc1cccnc1NC(=O)c1cc(OCc2ccccc2)no1. The lowest BCUT2D eigenvalue weighted by molar-refractivity contribution is 0.0987. The quantitative estimate of drug-likeness (QED) is 0.783. The zero-order chi connectivity index (χ0) is 16.1. The number of pyridine rings is 1. The fraction of sp³-hybridized carbons (Fsp3) is 0.118. The van der Waals surface area contributed by atoms with Crippen molar-refractivity contribution in [2.75, 3.05) is 5.32 Å². The van der Waals surface area contributed by atoms with Gasteiger partial charge in [0, 0.05) is 6.20 Å². The van der Waals surface area contributed by atoms with Crippen LogP contribution >= 0.6 is 0 Å². The van der Waals surface area contributed by atoms with Crippen LogP contribution in [0.25, 0.3) is 0 Å². The van der Waals surface area contributed by atoms with Gasteiger partial charge < -0.3 is 14.6 Å². The predicted octanol–water partition coefficient (Wildman–Crippen LogP) is 3.21. The molecule has 0 saturated carbocycles. The minimum Gasteiger partial charge on any atom is -0.471 e. The number of rotatable bonds is 5.